The lowest BCUT2D eigenvalue weighted by molar-refractivity contribution is -0.148. The highest BCUT2D eigenvalue weighted by atomic mass is 16.5. The maximum atomic E-state index is 13.9. The van der Waals surface area contributed by atoms with Crippen molar-refractivity contribution >= 4 is 17.5 Å². The van der Waals surface area contributed by atoms with Gasteiger partial charge in [-0.25, -0.2) is 0 Å². The Hall–Kier alpha value is -4.39. The number of hydrogen-bond donors (Lipinski definition) is 0. The molecule has 1 aliphatic heterocycles. The fraction of sp³-hybridized carbons (Fsp3) is 0.303. The van der Waals surface area contributed by atoms with Crippen molar-refractivity contribution in [1.29, 1.82) is 0 Å². The predicted molar refractivity (Wildman–Crippen MR) is 152 cm³/mol. The van der Waals surface area contributed by atoms with Crippen LogP contribution in [0.4, 0.5) is 0 Å². The Morgan fingerprint density at radius 1 is 0.875 bits per heavy atom. The third kappa shape index (κ3) is 5.37. The van der Waals surface area contributed by atoms with Crippen molar-refractivity contribution in [3.05, 3.63) is 101 Å². The van der Waals surface area contributed by atoms with Crippen LogP contribution in [-0.2, 0) is 20.9 Å². The van der Waals surface area contributed by atoms with Crippen LogP contribution in [-0.4, -0.2) is 38.8 Å². The molecular weight excluding hydrogens is 506 g/mol. The Morgan fingerprint density at radius 3 is 2.25 bits per heavy atom. The van der Waals surface area contributed by atoms with E-state index in [1.165, 1.54) is 0 Å². The lowest BCUT2D eigenvalue weighted by Crippen LogP contribution is -2.38. The third-order valence-corrected chi connectivity index (χ3v) is 7.73. The zero-order valence-corrected chi connectivity index (χ0v) is 23.2. The van der Waals surface area contributed by atoms with Crippen LogP contribution in [0.2, 0.25) is 0 Å². The number of allylic oxidation sites excluding steroid dienone is 2. The Bertz CT molecular complexity index is 1460. The molecule has 1 aliphatic carbocycles. The van der Waals surface area contributed by atoms with Crippen molar-refractivity contribution in [3.63, 3.8) is 0 Å². The number of ether oxygens (including phenoxy) is 4. The largest absolute Gasteiger partial charge is 0.497 e. The molecule has 0 fully saturated rings. The van der Waals surface area contributed by atoms with Gasteiger partial charge in [-0.2, -0.15) is 0 Å². The molecule has 0 radical (unpaired) electrons. The Morgan fingerprint density at radius 2 is 1.57 bits per heavy atom. The van der Waals surface area contributed by atoms with Crippen molar-refractivity contribution in [2.24, 2.45) is 10.9 Å². The molecule has 7 heteroatoms. The van der Waals surface area contributed by atoms with Crippen LogP contribution in [0.15, 0.2) is 89.1 Å². The average molecular weight is 540 g/mol. The molecule has 1 heterocycles. The third-order valence-electron chi connectivity index (χ3n) is 7.73. The molecule has 0 bridgehead atoms. The molecule has 0 amide bonds. The van der Waals surface area contributed by atoms with Gasteiger partial charge in [0, 0.05) is 41.0 Å². The van der Waals surface area contributed by atoms with Crippen LogP contribution in [0, 0.1) is 5.92 Å². The minimum absolute atomic E-state index is 0.0197. The summed E-state index contributed by atoms with van der Waals surface area (Å²) in [5, 5.41) is 0. The number of aliphatic imine (C=N–C) groups is 1. The van der Waals surface area contributed by atoms with Gasteiger partial charge in [0.2, 0.25) is 0 Å². The number of Topliss-reactive ketones (excluding diaryl/α,β-unsaturated/α-hetero) is 1. The van der Waals surface area contributed by atoms with Crippen molar-refractivity contribution in [2.75, 3.05) is 21.3 Å². The number of benzene rings is 3. The van der Waals surface area contributed by atoms with E-state index >= 15 is 0 Å². The minimum atomic E-state index is -0.772. The van der Waals surface area contributed by atoms with E-state index in [2.05, 4.69) is 0 Å². The lowest BCUT2D eigenvalue weighted by atomic mass is 9.69. The molecule has 0 saturated heterocycles. The highest BCUT2D eigenvalue weighted by Crippen LogP contribution is 2.49. The van der Waals surface area contributed by atoms with E-state index in [9.17, 15) is 9.59 Å². The molecule has 0 aromatic heterocycles. The van der Waals surface area contributed by atoms with Crippen LogP contribution >= 0.6 is 0 Å². The van der Waals surface area contributed by atoms with E-state index in [0.717, 1.165) is 22.4 Å². The van der Waals surface area contributed by atoms with Gasteiger partial charge in [-0.05, 0) is 48.6 Å². The smallest absolute Gasteiger partial charge is 0.315 e. The van der Waals surface area contributed by atoms with E-state index in [-0.39, 0.29) is 18.3 Å². The maximum absolute atomic E-state index is 13.9. The summed E-state index contributed by atoms with van der Waals surface area (Å²) in [6.45, 7) is 1.97. The molecule has 40 heavy (non-hydrogen) atoms. The molecular formula is C33H33NO6. The van der Waals surface area contributed by atoms with Gasteiger partial charge in [-0.1, -0.05) is 48.5 Å². The second-order valence-electron chi connectivity index (χ2n) is 10.1. The van der Waals surface area contributed by atoms with E-state index < -0.39 is 17.8 Å². The van der Waals surface area contributed by atoms with E-state index in [1.54, 1.807) is 27.4 Å². The quantitative estimate of drug-likeness (QED) is 0.325. The molecule has 206 valence electrons. The second kappa shape index (κ2) is 11.8. The monoisotopic (exact) mass is 539 g/mol. The number of carbonyl (C=O) groups excluding carboxylic acids is 2. The van der Waals surface area contributed by atoms with Crippen molar-refractivity contribution in [1.82, 2.24) is 0 Å². The maximum Gasteiger partial charge on any atom is 0.315 e. The van der Waals surface area contributed by atoms with Crippen molar-refractivity contribution in [2.45, 2.75) is 38.2 Å². The number of carbonyl (C=O) groups is 2. The van der Waals surface area contributed by atoms with Gasteiger partial charge >= 0.3 is 5.97 Å². The average Bonchev–Trinajstić information content (AvgIpc) is 2.99. The number of nitrogens with zero attached hydrogens (tertiary/aromatic N) is 1. The first-order valence-corrected chi connectivity index (χ1v) is 13.3. The van der Waals surface area contributed by atoms with Crippen LogP contribution in [0.25, 0.3) is 0 Å². The Balaban J connectivity index is 1.55. The van der Waals surface area contributed by atoms with E-state index in [0.29, 0.717) is 41.3 Å². The zero-order valence-electron chi connectivity index (χ0n) is 23.2. The number of methoxy groups -OCH3 is 3. The minimum Gasteiger partial charge on any atom is -0.497 e. The molecule has 3 atom stereocenters. The summed E-state index contributed by atoms with van der Waals surface area (Å²) >= 11 is 0. The standard InChI is InChI=1S/C33H33NO6/c1-20-30(33(36)40-19-21-8-6-5-7-9-21)31(26-15-14-25(38-3)18-29(26)39-4)32-27(34-20)16-23(17-28(32)35)22-10-12-24(37-2)13-11-22/h5-15,18,23,30-31H,16-17,19H2,1-4H3/t23-,30?,31-/m0/s1. The summed E-state index contributed by atoms with van der Waals surface area (Å²) in [6.07, 6.45) is 0.909. The molecule has 7 nitrogen and oxygen atoms in total. The number of ketones is 1. The fourth-order valence-electron chi connectivity index (χ4n) is 5.71. The van der Waals surface area contributed by atoms with Crippen LogP contribution in [0.3, 0.4) is 0 Å². The number of hydrogen-bond acceptors (Lipinski definition) is 7. The Labute approximate surface area is 234 Å². The van der Waals surface area contributed by atoms with E-state index in [1.807, 2.05) is 73.7 Å². The molecule has 1 unspecified atom stereocenters. The van der Waals surface area contributed by atoms with Crippen LogP contribution in [0.5, 0.6) is 17.2 Å². The molecule has 0 spiro atoms. The van der Waals surface area contributed by atoms with Crippen molar-refractivity contribution in [3.8, 4) is 17.2 Å². The molecule has 3 aromatic rings. The van der Waals surface area contributed by atoms with Gasteiger partial charge in [0.25, 0.3) is 0 Å². The van der Waals surface area contributed by atoms with E-state index in [4.69, 9.17) is 23.9 Å². The first-order chi connectivity index (χ1) is 19.4. The second-order valence-corrected chi connectivity index (χ2v) is 10.1. The summed E-state index contributed by atoms with van der Waals surface area (Å²) in [5.74, 6) is 0.0824. The lowest BCUT2D eigenvalue weighted by Gasteiger charge is -2.37. The molecule has 0 saturated carbocycles. The van der Waals surface area contributed by atoms with Gasteiger partial charge in [-0.3, -0.25) is 14.6 Å². The molecule has 5 rings (SSSR count). The first kappa shape index (κ1) is 27.2. The molecule has 0 N–H and O–H groups in total. The van der Waals surface area contributed by atoms with Crippen molar-refractivity contribution < 1.29 is 28.5 Å². The highest BCUT2D eigenvalue weighted by molar-refractivity contribution is 6.09. The number of rotatable bonds is 8. The first-order valence-electron chi connectivity index (χ1n) is 13.3. The highest BCUT2D eigenvalue weighted by Gasteiger charge is 2.45. The van der Waals surface area contributed by atoms with Gasteiger partial charge in [0.05, 0.1) is 21.3 Å². The molecule has 3 aromatic carbocycles. The van der Waals surface area contributed by atoms with Gasteiger partial charge in [-0.15, -0.1) is 0 Å². The van der Waals surface area contributed by atoms with Gasteiger partial charge in [0.1, 0.15) is 29.8 Å². The zero-order chi connectivity index (χ0) is 28.2. The van der Waals surface area contributed by atoms with Crippen LogP contribution in [0.1, 0.15) is 48.3 Å². The summed E-state index contributed by atoms with van der Waals surface area (Å²) in [4.78, 5) is 32.5. The fourth-order valence-corrected chi connectivity index (χ4v) is 5.71. The normalized spacial score (nSPS) is 20.4. The number of esters is 1. The SMILES string of the molecule is COc1ccc([C@@H]2CC(=O)C3=C(C2)N=C(C)C(C(=O)OCc2ccccc2)[C@@H]3c2ccc(OC)cc2OC)cc1. The van der Waals surface area contributed by atoms with Gasteiger partial charge in [0.15, 0.2) is 5.78 Å². The van der Waals surface area contributed by atoms with Crippen LogP contribution < -0.4 is 14.2 Å². The topological polar surface area (TPSA) is 83.4 Å². The summed E-state index contributed by atoms with van der Waals surface area (Å²) < 4.78 is 22.3. The summed E-state index contributed by atoms with van der Waals surface area (Å²) in [5.41, 5.74) is 4.54. The summed E-state index contributed by atoms with van der Waals surface area (Å²) in [7, 11) is 4.79. The van der Waals surface area contributed by atoms with Gasteiger partial charge < -0.3 is 18.9 Å². The summed E-state index contributed by atoms with van der Waals surface area (Å²) in [6, 6.07) is 22.8. The predicted octanol–water partition coefficient (Wildman–Crippen LogP) is 6.03. The molecule has 2 aliphatic rings. The Kier molecular flexibility index (Phi) is 8.01.